The van der Waals surface area contributed by atoms with E-state index in [4.69, 9.17) is 9.47 Å². The number of methoxy groups -OCH3 is 1. The number of benzene rings is 3. The van der Waals surface area contributed by atoms with Gasteiger partial charge < -0.3 is 20.1 Å². The lowest BCUT2D eigenvalue weighted by atomic mass is 10.1. The smallest absolute Gasteiger partial charge is 0.262 e. The van der Waals surface area contributed by atoms with Crippen LogP contribution in [0.25, 0.3) is 10.1 Å². The van der Waals surface area contributed by atoms with Crippen LogP contribution in [-0.4, -0.2) is 25.5 Å². The van der Waals surface area contributed by atoms with Gasteiger partial charge in [-0.05, 0) is 42.0 Å². The number of amides is 2. The van der Waals surface area contributed by atoms with Crippen molar-refractivity contribution in [1.82, 2.24) is 10.6 Å². The van der Waals surface area contributed by atoms with Crippen LogP contribution < -0.4 is 20.1 Å². The summed E-state index contributed by atoms with van der Waals surface area (Å²) >= 11 is 1.17. The second-order valence-corrected chi connectivity index (χ2v) is 8.48. The van der Waals surface area contributed by atoms with Crippen molar-refractivity contribution in [1.29, 1.82) is 0 Å². The Morgan fingerprint density at radius 3 is 2.41 bits per heavy atom. The lowest BCUT2D eigenvalue weighted by molar-refractivity contribution is -0.120. The lowest BCUT2D eigenvalue weighted by Crippen LogP contribution is -2.36. The molecule has 4 aromatic rings. The molecule has 0 bridgehead atoms. The number of halogens is 1. The maximum atomic E-state index is 14.6. The highest BCUT2D eigenvalue weighted by Gasteiger charge is 2.21. The highest BCUT2D eigenvalue weighted by atomic mass is 32.1. The Hall–Kier alpha value is -3.91. The maximum absolute atomic E-state index is 14.6. The standard InChI is InChI=1S/C26H23FN2O4S/c1-32-18-12-10-17(11-13-18)14-28-23(30)15-29-26(31)25-20(16-33-19-6-3-2-4-7-19)24-21(27)8-5-9-22(24)34-25/h2-13H,14-16H2,1H3,(H,28,30)(H,29,31). The van der Waals surface area contributed by atoms with E-state index in [1.165, 1.54) is 17.4 Å². The van der Waals surface area contributed by atoms with E-state index in [2.05, 4.69) is 10.6 Å². The molecular weight excluding hydrogens is 455 g/mol. The van der Waals surface area contributed by atoms with Gasteiger partial charge in [0.05, 0.1) is 18.5 Å². The summed E-state index contributed by atoms with van der Waals surface area (Å²) in [6.07, 6.45) is 0. The lowest BCUT2D eigenvalue weighted by Gasteiger charge is -2.10. The summed E-state index contributed by atoms with van der Waals surface area (Å²) in [5, 5.41) is 5.76. The summed E-state index contributed by atoms with van der Waals surface area (Å²) in [6, 6.07) is 21.1. The van der Waals surface area contributed by atoms with Gasteiger partial charge >= 0.3 is 0 Å². The van der Waals surface area contributed by atoms with Crippen molar-refractivity contribution < 1.29 is 23.5 Å². The fourth-order valence-corrected chi connectivity index (χ4v) is 4.55. The third-order valence-corrected chi connectivity index (χ3v) is 6.35. The second-order valence-electron chi connectivity index (χ2n) is 7.43. The quantitative estimate of drug-likeness (QED) is 0.366. The number of rotatable bonds is 9. The zero-order valence-electron chi connectivity index (χ0n) is 18.5. The average Bonchev–Trinajstić information content (AvgIpc) is 3.25. The topological polar surface area (TPSA) is 76.7 Å². The molecule has 174 valence electrons. The van der Waals surface area contributed by atoms with E-state index >= 15 is 0 Å². The van der Waals surface area contributed by atoms with Gasteiger partial charge in [0.1, 0.15) is 23.9 Å². The number of ether oxygens (including phenoxy) is 2. The van der Waals surface area contributed by atoms with E-state index in [0.29, 0.717) is 32.8 Å². The first-order valence-electron chi connectivity index (χ1n) is 10.6. The van der Waals surface area contributed by atoms with E-state index in [9.17, 15) is 14.0 Å². The van der Waals surface area contributed by atoms with Crippen molar-refractivity contribution in [2.75, 3.05) is 13.7 Å². The first-order chi connectivity index (χ1) is 16.5. The van der Waals surface area contributed by atoms with Crippen LogP contribution in [0.15, 0.2) is 72.8 Å². The van der Waals surface area contributed by atoms with E-state index < -0.39 is 11.7 Å². The Morgan fingerprint density at radius 1 is 0.912 bits per heavy atom. The van der Waals surface area contributed by atoms with Crippen LogP contribution in [0.2, 0.25) is 0 Å². The van der Waals surface area contributed by atoms with Gasteiger partial charge in [0.15, 0.2) is 0 Å². The monoisotopic (exact) mass is 478 g/mol. The van der Waals surface area contributed by atoms with Crippen LogP contribution >= 0.6 is 11.3 Å². The molecule has 8 heteroatoms. The van der Waals surface area contributed by atoms with Gasteiger partial charge in [0, 0.05) is 22.2 Å². The van der Waals surface area contributed by atoms with Crippen molar-refractivity contribution in [3.05, 3.63) is 94.6 Å². The van der Waals surface area contributed by atoms with Gasteiger partial charge in [-0.1, -0.05) is 36.4 Å². The molecule has 0 aliphatic heterocycles. The SMILES string of the molecule is COc1ccc(CNC(=O)CNC(=O)c2sc3cccc(F)c3c2COc2ccccc2)cc1. The average molecular weight is 479 g/mol. The molecule has 2 amide bonds. The van der Waals surface area contributed by atoms with Gasteiger partial charge in [-0.2, -0.15) is 0 Å². The Bertz CT molecular complexity index is 1290. The highest BCUT2D eigenvalue weighted by molar-refractivity contribution is 7.21. The summed E-state index contributed by atoms with van der Waals surface area (Å²) < 4.78 is 26.2. The zero-order valence-corrected chi connectivity index (χ0v) is 19.3. The second kappa shape index (κ2) is 10.8. The third kappa shape index (κ3) is 5.52. The van der Waals surface area contributed by atoms with Crippen molar-refractivity contribution in [2.24, 2.45) is 0 Å². The molecule has 34 heavy (non-hydrogen) atoms. The first-order valence-corrected chi connectivity index (χ1v) is 11.4. The number of hydrogen-bond acceptors (Lipinski definition) is 5. The van der Waals surface area contributed by atoms with E-state index in [1.54, 1.807) is 31.4 Å². The number of para-hydroxylation sites is 1. The summed E-state index contributed by atoms with van der Waals surface area (Å²) in [6.45, 7) is 0.144. The predicted molar refractivity (Wildman–Crippen MR) is 130 cm³/mol. The van der Waals surface area contributed by atoms with Crippen molar-refractivity contribution in [3.8, 4) is 11.5 Å². The molecule has 4 rings (SSSR count). The van der Waals surface area contributed by atoms with E-state index in [1.807, 2.05) is 42.5 Å². The molecule has 3 aromatic carbocycles. The van der Waals surface area contributed by atoms with Crippen LogP contribution in [-0.2, 0) is 17.9 Å². The summed E-state index contributed by atoms with van der Waals surface area (Å²) in [4.78, 5) is 25.5. The van der Waals surface area contributed by atoms with Crippen molar-refractivity contribution >= 4 is 33.2 Å². The molecule has 0 aliphatic rings. The highest BCUT2D eigenvalue weighted by Crippen LogP contribution is 2.34. The van der Waals surface area contributed by atoms with Gasteiger partial charge in [-0.25, -0.2) is 4.39 Å². The maximum Gasteiger partial charge on any atom is 0.262 e. The third-order valence-electron chi connectivity index (χ3n) is 5.15. The largest absolute Gasteiger partial charge is 0.497 e. The minimum Gasteiger partial charge on any atom is -0.497 e. The number of fused-ring (bicyclic) bond motifs is 1. The van der Waals surface area contributed by atoms with Crippen LogP contribution in [0.3, 0.4) is 0 Å². The molecule has 0 aliphatic carbocycles. The van der Waals surface area contributed by atoms with E-state index in [-0.39, 0.29) is 19.1 Å². The number of carbonyl (C=O) groups excluding carboxylic acids is 2. The molecule has 1 aromatic heterocycles. The first kappa shape index (κ1) is 23.3. The molecule has 2 N–H and O–H groups in total. The van der Waals surface area contributed by atoms with Crippen molar-refractivity contribution in [3.63, 3.8) is 0 Å². The van der Waals surface area contributed by atoms with Gasteiger partial charge in [0.2, 0.25) is 5.91 Å². The molecule has 0 atom stereocenters. The van der Waals surface area contributed by atoms with Crippen LogP contribution in [0.4, 0.5) is 4.39 Å². The normalized spacial score (nSPS) is 10.6. The molecule has 6 nitrogen and oxygen atoms in total. The Balaban J connectivity index is 1.42. The predicted octanol–water partition coefficient (Wildman–Crippen LogP) is 4.67. The Morgan fingerprint density at radius 2 is 1.68 bits per heavy atom. The Kier molecular flexibility index (Phi) is 7.39. The summed E-state index contributed by atoms with van der Waals surface area (Å²) in [7, 11) is 1.59. The number of nitrogens with one attached hydrogen (secondary N) is 2. The minimum atomic E-state index is -0.452. The summed E-state index contributed by atoms with van der Waals surface area (Å²) in [5.74, 6) is 0.138. The number of thiophene rings is 1. The van der Waals surface area contributed by atoms with E-state index in [0.717, 1.165) is 11.3 Å². The molecule has 0 radical (unpaired) electrons. The molecule has 0 fully saturated rings. The molecule has 0 spiro atoms. The van der Waals surface area contributed by atoms with Gasteiger partial charge in [0.25, 0.3) is 5.91 Å². The van der Waals surface area contributed by atoms with Crippen molar-refractivity contribution in [2.45, 2.75) is 13.2 Å². The fraction of sp³-hybridized carbons (Fsp3) is 0.154. The number of carbonyl (C=O) groups is 2. The molecule has 0 unspecified atom stereocenters. The van der Waals surface area contributed by atoms with Gasteiger partial charge in [-0.3, -0.25) is 9.59 Å². The minimum absolute atomic E-state index is 0.0252. The molecule has 0 saturated carbocycles. The van der Waals surface area contributed by atoms with Crippen LogP contribution in [0, 0.1) is 5.82 Å². The van der Waals surface area contributed by atoms with Crippen LogP contribution in [0.5, 0.6) is 11.5 Å². The number of hydrogen-bond donors (Lipinski definition) is 2. The fourth-order valence-electron chi connectivity index (χ4n) is 3.41. The molecule has 1 heterocycles. The Labute approximate surface area is 200 Å². The molecule has 0 saturated heterocycles. The zero-order chi connectivity index (χ0) is 23.9. The van der Waals surface area contributed by atoms with Crippen LogP contribution in [0.1, 0.15) is 20.8 Å². The summed E-state index contributed by atoms with van der Waals surface area (Å²) in [5.41, 5.74) is 1.36. The van der Waals surface area contributed by atoms with Gasteiger partial charge in [-0.15, -0.1) is 11.3 Å². The molecular formula is C26H23FN2O4S.